The zero-order valence-corrected chi connectivity index (χ0v) is 19.2. The fraction of sp³-hybridized carbons (Fsp3) is 0.333. The van der Waals surface area contributed by atoms with Crippen LogP contribution in [0.1, 0.15) is 23.6 Å². The number of amides is 1. The van der Waals surface area contributed by atoms with Crippen LogP contribution in [0.15, 0.2) is 72.8 Å². The smallest absolute Gasteiger partial charge is 0.295 e. The molecule has 2 aromatic carbocycles. The third-order valence-corrected chi connectivity index (χ3v) is 6.13. The summed E-state index contributed by atoms with van der Waals surface area (Å²) in [6.45, 7) is 8.40. The Bertz CT molecular complexity index is 1040. The van der Waals surface area contributed by atoms with Crippen LogP contribution in [0.25, 0.3) is 5.76 Å². The number of Topliss-reactive ketones (excluding diaryl/α,β-unsaturated/α-hetero) is 1. The molecule has 1 atom stereocenters. The van der Waals surface area contributed by atoms with E-state index >= 15 is 0 Å². The molecule has 0 bridgehead atoms. The van der Waals surface area contributed by atoms with E-state index in [2.05, 4.69) is 11.5 Å². The zero-order valence-electron chi connectivity index (χ0n) is 19.2. The number of ketones is 1. The van der Waals surface area contributed by atoms with Crippen molar-refractivity contribution in [3.63, 3.8) is 0 Å². The van der Waals surface area contributed by atoms with E-state index in [1.54, 1.807) is 35.2 Å². The van der Waals surface area contributed by atoms with Crippen molar-refractivity contribution in [3.8, 4) is 5.75 Å². The first-order chi connectivity index (χ1) is 16.6. The van der Waals surface area contributed by atoms with E-state index in [1.165, 1.54) is 0 Å². The molecule has 0 saturated carbocycles. The number of aliphatic hydroxyl groups excluding tert-OH is 1. The molecule has 2 aliphatic rings. The van der Waals surface area contributed by atoms with E-state index in [0.29, 0.717) is 37.7 Å². The van der Waals surface area contributed by atoms with Crippen molar-refractivity contribution < 1.29 is 24.2 Å². The maximum absolute atomic E-state index is 13.1. The summed E-state index contributed by atoms with van der Waals surface area (Å²) in [6, 6.07) is 15.5. The molecule has 0 unspecified atom stereocenters. The van der Waals surface area contributed by atoms with Crippen molar-refractivity contribution >= 4 is 17.4 Å². The molecule has 4 rings (SSSR count). The van der Waals surface area contributed by atoms with Crippen molar-refractivity contribution in [1.29, 1.82) is 0 Å². The van der Waals surface area contributed by atoms with Gasteiger partial charge in [-0.25, -0.2) is 0 Å². The van der Waals surface area contributed by atoms with Gasteiger partial charge in [-0.1, -0.05) is 43.0 Å². The number of ether oxygens (including phenoxy) is 2. The highest BCUT2D eigenvalue weighted by Gasteiger charge is 2.45. The standard InChI is InChI=1S/C27H30N2O5/c1-2-17-34-22-11-9-21(10-12-22)25(30)23-24(20-7-4-3-5-8-20)29(27(32)26(23)31)14-6-13-28-15-18-33-19-16-28/h2-5,7-12,24,30H,1,6,13-19H2/t24-/m1/s1. The summed E-state index contributed by atoms with van der Waals surface area (Å²) in [4.78, 5) is 30.1. The average Bonchev–Trinajstić information content (AvgIpc) is 3.13. The Hall–Kier alpha value is -3.42. The molecule has 0 spiro atoms. The molecule has 2 aliphatic heterocycles. The number of nitrogens with zero attached hydrogens (tertiary/aromatic N) is 2. The Morgan fingerprint density at radius 2 is 1.76 bits per heavy atom. The second-order valence-corrected chi connectivity index (χ2v) is 8.33. The summed E-state index contributed by atoms with van der Waals surface area (Å²) in [5.74, 6) is -0.800. The monoisotopic (exact) mass is 462 g/mol. The van der Waals surface area contributed by atoms with Crippen molar-refractivity contribution in [2.24, 2.45) is 0 Å². The predicted octanol–water partition coefficient (Wildman–Crippen LogP) is 3.40. The number of carbonyl (C=O) groups excluding carboxylic acids is 2. The topological polar surface area (TPSA) is 79.3 Å². The number of likely N-dealkylation sites (tertiary alicyclic amines) is 1. The largest absolute Gasteiger partial charge is 0.507 e. The lowest BCUT2D eigenvalue weighted by Crippen LogP contribution is -2.38. The number of morpholine rings is 1. The third kappa shape index (κ3) is 5.21. The summed E-state index contributed by atoms with van der Waals surface area (Å²) < 4.78 is 10.9. The minimum Gasteiger partial charge on any atom is -0.507 e. The second-order valence-electron chi connectivity index (χ2n) is 8.33. The van der Waals surface area contributed by atoms with Crippen molar-refractivity contribution in [3.05, 3.63) is 84.0 Å². The van der Waals surface area contributed by atoms with Crippen LogP contribution >= 0.6 is 0 Å². The van der Waals surface area contributed by atoms with Crippen LogP contribution in [-0.2, 0) is 14.3 Å². The van der Waals surface area contributed by atoms with Crippen molar-refractivity contribution in [2.75, 3.05) is 46.0 Å². The maximum atomic E-state index is 13.1. The lowest BCUT2D eigenvalue weighted by molar-refractivity contribution is -0.140. The van der Waals surface area contributed by atoms with E-state index in [1.807, 2.05) is 30.3 Å². The molecular formula is C27H30N2O5. The maximum Gasteiger partial charge on any atom is 0.295 e. The first-order valence-corrected chi connectivity index (χ1v) is 11.6. The van der Waals surface area contributed by atoms with Gasteiger partial charge in [0, 0.05) is 31.7 Å². The van der Waals surface area contributed by atoms with Crippen molar-refractivity contribution in [1.82, 2.24) is 9.80 Å². The third-order valence-electron chi connectivity index (χ3n) is 6.13. The molecule has 0 aliphatic carbocycles. The van der Waals surface area contributed by atoms with E-state index in [-0.39, 0.29) is 11.3 Å². The Kier molecular flexibility index (Phi) is 7.77. The minimum atomic E-state index is -0.662. The van der Waals surface area contributed by atoms with Gasteiger partial charge in [-0.15, -0.1) is 0 Å². The van der Waals surface area contributed by atoms with Gasteiger partial charge in [0.15, 0.2) is 0 Å². The number of benzene rings is 2. The van der Waals surface area contributed by atoms with Gasteiger partial charge >= 0.3 is 0 Å². The molecular weight excluding hydrogens is 432 g/mol. The first-order valence-electron chi connectivity index (χ1n) is 11.6. The number of hydrogen-bond donors (Lipinski definition) is 1. The van der Waals surface area contributed by atoms with Gasteiger partial charge in [0.05, 0.1) is 24.8 Å². The molecule has 2 aromatic rings. The van der Waals surface area contributed by atoms with E-state index < -0.39 is 17.7 Å². The van der Waals surface area contributed by atoms with Gasteiger partial charge in [-0.05, 0) is 36.2 Å². The summed E-state index contributed by atoms with van der Waals surface area (Å²) >= 11 is 0. The molecule has 0 radical (unpaired) electrons. The average molecular weight is 463 g/mol. The van der Waals surface area contributed by atoms with Crippen LogP contribution in [0.3, 0.4) is 0 Å². The molecule has 34 heavy (non-hydrogen) atoms. The van der Waals surface area contributed by atoms with E-state index in [9.17, 15) is 14.7 Å². The zero-order chi connectivity index (χ0) is 23.9. The molecule has 178 valence electrons. The molecule has 2 saturated heterocycles. The van der Waals surface area contributed by atoms with Crippen LogP contribution < -0.4 is 4.74 Å². The molecule has 0 aromatic heterocycles. The lowest BCUT2D eigenvalue weighted by Gasteiger charge is -2.29. The van der Waals surface area contributed by atoms with Crippen LogP contribution in [-0.4, -0.2) is 72.6 Å². The molecule has 7 nitrogen and oxygen atoms in total. The first kappa shape index (κ1) is 23.7. The van der Waals surface area contributed by atoms with Gasteiger partial charge in [0.25, 0.3) is 11.7 Å². The predicted molar refractivity (Wildman–Crippen MR) is 129 cm³/mol. The van der Waals surface area contributed by atoms with Gasteiger partial charge in [-0.3, -0.25) is 14.5 Å². The molecule has 1 amide bonds. The van der Waals surface area contributed by atoms with Crippen molar-refractivity contribution in [2.45, 2.75) is 12.5 Å². The Labute approximate surface area is 199 Å². The van der Waals surface area contributed by atoms with Crippen LogP contribution in [0.4, 0.5) is 0 Å². The Balaban J connectivity index is 1.61. The Morgan fingerprint density at radius 3 is 2.44 bits per heavy atom. The fourth-order valence-electron chi connectivity index (χ4n) is 4.40. The van der Waals surface area contributed by atoms with Crippen LogP contribution in [0.2, 0.25) is 0 Å². The Morgan fingerprint density at radius 1 is 1.06 bits per heavy atom. The quantitative estimate of drug-likeness (QED) is 0.266. The van der Waals surface area contributed by atoms with Gasteiger partial charge in [-0.2, -0.15) is 0 Å². The summed E-state index contributed by atoms with van der Waals surface area (Å²) in [6.07, 6.45) is 2.38. The number of hydrogen-bond acceptors (Lipinski definition) is 6. The molecule has 2 heterocycles. The highest BCUT2D eigenvalue weighted by atomic mass is 16.5. The highest BCUT2D eigenvalue weighted by molar-refractivity contribution is 6.46. The SMILES string of the molecule is C=CCOc1ccc(C(O)=C2C(=O)C(=O)N(CCCN3CCOCC3)[C@@H]2c2ccccc2)cc1. The van der Waals surface area contributed by atoms with Gasteiger partial charge in [0.1, 0.15) is 18.1 Å². The van der Waals surface area contributed by atoms with E-state index in [4.69, 9.17) is 9.47 Å². The summed E-state index contributed by atoms with van der Waals surface area (Å²) in [5.41, 5.74) is 1.36. The van der Waals surface area contributed by atoms with E-state index in [0.717, 1.165) is 31.6 Å². The summed E-state index contributed by atoms with van der Waals surface area (Å²) in [7, 11) is 0. The number of carbonyl (C=O) groups is 2. The highest BCUT2D eigenvalue weighted by Crippen LogP contribution is 2.39. The number of rotatable bonds is 9. The minimum absolute atomic E-state index is 0.113. The molecule has 1 N–H and O–H groups in total. The van der Waals surface area contributed by atoms with Crippen LogP contribution in [0.5, 0.6) is 5.75 Å². The number of aliphatic hydroxyl groups is 1. The molecule has 7 heteroatoms. The summed E-state index contributed by atoms with van der Waals surface area (Å²) in [5, 5.41) is 11.2. The second kappa shape index (κ2) is 11.1. The fourth-order valence-corrected chi connectivity index (χ4v) is 4.40. The normalized spacial score (nSPS) is 20.5. The molecule has 2 fully saturated rings. The van der Waals surface area contributed by atoms with Crippen LogP contribution in [0, 0.1) is 0 Å². The lowest BCUT2D eigenvalue weighted by atomic mass is 9.95. The van der Waals surface area contributed by atoms with Gasteiger partial charge in [0.2, 0.25) is 0 Å². The van der Waals surface area contributed by atoms with Gasteiger partial charge < -0.3 is 19.5 Å².